The fourth-order valence-corrected chi connectivity index (χ4v) is 2.00. The molecule has 0 aliphatic heterocycles. The summed E-state index contributed by atoms with van der Waals surface area (Å²) in [5.41, 5.74) is 0.0659. The Labute approximate surface area is 123 Å². The molecule has 0 aromatic heterocycles. The monoisotopic (exact) mass is 345 g/mol. The molecule has 0 atom stereocenters. The highest BCUT2D eigenvalue weighted by molar-refractivity contribution is 9.10. The highest BCUT2D eigenvalue weighted by Crippen LogP contribution is 2.26. The van der Waals surface area contributed by atoms with Gasteiger partial charge in [0, 0.05) is 22.5 Å². The molecule has 20 heavy (non-hydrogen) atoms. The number of halogens is 1. The Morgan fingerprint density at radius 2 is 1.85 bits per heavy atom. The third kappa shape index (κ3) is 3.77. The van der Waals surface area contributed by atoms with Crippen molar-refractivity contribution in [1.29, 1.82) is 0 Å². The molecule has 1 aromatic carbocycles. The van der Waals surface area contributed by atoms with Crippen molar-refractivity contribution in [2.75, 3.05) is 14.2 Å². The highest BCUT2D eigenvalue weighted by atomic mass is 79.9. The van der Waals surface area contributed by atoms with Crippen molar-refractivity contribution in [1.82, 2.24) is 0 Å². The fourth-order valence-electron chi connectivity index (χ4n) is 1.65. The van der Waals surface area contributed by atoms with Crippen LogP contribution in [0.25, 0.3) is 0 Å². The molecule has 1 rings (SSSR count). The second-order valence-electron chi connectivity index (χ2n) is 3.83. The number of ether oxygens (including phenoxy) is 2. The second kappa shape index (κ2) is 6.99. The molecule has 0 aliphatic rings. The van der Waals surface area contributed by atoms with Gasteiger partial charge in [-0.05, 0) is 6.07 Å². The van der Waals surface area contributed by atoms with Crippen LogP contribution < -0.4 is 0 Å². The molecule has 0 spiro atoms. The van der Waals surface area contributed by atoms with E-state index in [0.29, 0.717) is 4.47 Å². The molecule has 1 aromatic rings. The van der Waals surface area contributed by atoms with Gasteiger partial charge in [0.05, 0.1) is 19.1 Å². The Balaban J connectivity index is 3.14. The van der Waals surface area contributed by atoms with Gasteiger partial charge in [-0.25, -0.2) is 0 Å². The third-order valence-corrected chi connectivity index (χ3v) is 3.13. The molecule has 0 aliphatic carbocycles. The quantitative estimate of drug-likeness (QED) is 0.349. The van der Waals surface area contributed by atoms with Crippen LogP contribution in [0, 0.1) is 16.0 Å². The van der Waals surface area contributed by atoms with Gasteiger partial charge < -0.3 is 9.47 Å². The molecule has 0 N–H and O–H groups in total. The first-order valence-corrected chi connectivity index (χ1v) is 6.28. The predicted molar refractivity (Wildman–Crippen MR) is 72.0 cm³/mol. The summed E-state index contributed by atoms with van der Waals surface area (Å²) in [7, 11) is 2.27. The minimum atomic E-state index is -1.23. The molecule has 108 valence electrons. The van der Waals surface area contributed by atoms with Crippen LogP contribution in [0.3, 0.4) is 0 Å². The number of carbonyl (C=O) groups excluding carboxylic acids is 2. The van der Waals surface area contributed by atoms with E-state index >= 15 is 0 Å². The predicted octanol–water partition coefficient (Wildman–Crippen LogP) is 1.86. The summed E-state index contributed by atoms with van der Waals surface area (Å²) in [5.74, 6) is -2.83. The van der Waals surface area contributed by atoms with E-state index in [1.54, 1.807) is 6.07 Å². The van der Waals surface area contributed by atoms with Gasteiger partial charge in [-0.3, -0.25) is 19.7 Å². The topological polar surface area (TPSA) is 95.7 Å². The van der Waals surface area contributed by atoms with Crippen molar-refractivity contribution in [2.45, 2.75) is 6.42 Å². The number of hydrogen-bond donors (Lipinski definition) is 0. The Kier molecular flexibility index (Phi) is 5.63. The van der Waals surface area contributed by atoms with Crippen LogP contribution in [0.15, 0.2) is 22.7 Å². The highest BCUT2D eigenvalue weighted by Gasteiger charge is 2.31. The number of hydrogen-bond acceptors (Lipinski definition) is 6. The summed E-state index contributed by atoms with van der Waals surface area (Å²) < 4.78 is 9.55. The number of esters is 2. The largest absolute Gasteiger partial charge is 0.468 e. The lowest BCUT2D eigenvalue weighted by atomic mass is 9.98. The molecule has 0 saturated carbocycles. The summed E-state index contributed by atoms with van der Waals surface area (Å²) >= 11 is 3.13. The first-order valence-electron chi connectivity index (χ1n) is 5.49. The lowest BCUT2D eigenvalue weighted by molar-refractivity contribution is -0.385. The normalized spacial score (nSPS) is 10.2. The average molecular weight is 346 g/mol. The van der Waals surface area contributed by atoms with Crippen molar-refractivity contribution in [2.24, 2.45) is 5.92 Å². The minimum absolute atomic E-state index is 0.164. The first-order chi connectivity index (χ1) is 9.40. The second-order valence-corrected chi connectivity index (χ2v) is 4.75. The summed E-state index contributed by atoms with van der Waals surface area (Å²) in [6, 6.07) is 4.37. The van der Waals surface area contributed by atoms with Crippen LogP contribution >= 0.6 is 15.9 Å². The van der Waals surface area contributed by atoms with Gasteiger partial charge in [-0.2, -0.15) is 0 Å². The van der Waals surface area contributed by atoms with Crippen molar-refractivity contribution in [3.63, 3.8) is 0 Å². The van der Waals surface area contributed by atoms with E-state index in [1.165, 1.54) is 12.1 Å². The number of methoxy groups -OCH3 is 2. The van der Waals surface area contributed by atoms with E-state index in [9.17, 15) is 19.7 Å². The maximum atomic E-state index is 11.6. The van der Waals surface area contributed by atoms with E-state index in [2.05, 4.69) is 25.4 Å². The van der Waals surface area contributed by atoms with Gasteiger partial charge in [-0.15, -0.1) is 0 Å². The van der Waals surface area contributed by atoms with Crippen LogP contribution in [0.5, 0.6) is 0 Å². The van der Waals surface area contributed by atoms with Gasteiger partial charge in [0.15, 0.2) is 5.92 Å². The van der Waals surface area contributed by atoms with E-state index < -0.39 is 22.8 Å². The minimum Gasteiger partial charge on any atom is -0.468 e. The van der Waals surface area contributed by atoms with Gasteiger partial charge in [0.2, 0.25) is 0 Å². The molecular weight excluding hydrogens is 334 g/mol. The summed E-state index contributed by atoms with van der Waals surface area (Å²) in [5, 5.41) is 11.0. The van der Waals surface area contributed by atoms with E-state index in [-0.39, 0.29) is 17.7 Å². The van der Waals surface area contributed by atoms with Crippen LogP contribution in [0.1, 0.15) is 5.56 Å². The molecule has 8 heteroatoms. The number of carbonyl (C=O) groups is 2. The molecule has 0 radical (unpaired) electrons. The van der Waals surface area contributed by atoms with Crippen molar-refractivity contribution < 1.29 is 24.0 Å². The molecule has 0 fully saturated rings. The summed E-state index contributed by atoms with van der Waals surface area (Å²) in [4.78, 5) is 33.5. The molecule has 7 nitrogen and oxygen atoms in total. The molecule has 0 saturated heterocycles. The van der Waals surface area contributed by atoms with Gasteiger partial charge >= 0.3 is 11.9 Å². The Bertz CT molecular complexity index is 529. The molecule has 0 bridgehead atoms. The fraction of sp³-hybridized carbons (Fsp3) is 0.333. The summed E-state index contributed by atoms with van der Waals surface area (Å²) in [6.07, 6.45) is -0.164. The lowest BCUT2D eigenvalue weighted by Gasteiger charge is -2.12. The number of nitrogens with zero attached hydrogens (tertiary/aromatic N) is 1. The Hall–Kier alpha value is -1.96. The smallest absolute Gasteiger partial charge is 0.320 e. The van der Waals surface area contributed by atoms with E-state index in [4.69, 9.17) is 0 Å². The Morgan fingerprint density at radius 1 is 1.30 bits per heavy atom. The molecule has 0 amide bonds. The van der Waals surface area contributed by atoms with Crippen molar-refractivity contribution in [3.05, 3.63) is 38.3 Å². The zero-order valence-electron chi connectivity index (χ0n) is 10.8. The van der Waals surface area contributed by atoms with E-state index in [1.807, 2.05) is 0 Å². The van der Waals surface area contributed by atoms with Crippen molar-refractivity contribution >= 4 is 33.6 Å². The molecule has 0 unspecified atom stereocenters. The number of nitro groups is 1. The molecule has 0 heterocycles. The van der Waals surface area contributed by atoms with Crippen LogP contribution in [0.4, 0.5) is 5.69 Å². The Morgan fingerprint density at radius 3 is 2.30 bits per heavy atom. The van der Waals surface area contributed by atoms with Crippen molar-refractivity contribution in [3.8, 4) is 0 Å². The number of benzene rings is 1. The first kappa shape index (κ1) is 16.1. The third-order valence-electron chi connectivity index (χ3n) is 2.64. The zero-order chi connectivity index (χ0) is 15.3. The zero-order valence-corrected chi connectivity index (χ0v) is 12.4. The summed E-state index contributed by atoms with van der Waals surface area (Å²) in [6.45, 7) is 0. The van der Waals surface area contributed by atoms with Crippen LogP contribution in [0.2, 0.25) is 0 Å². The average Bonchev–Trinajstić information content (AvgIpc) is 2.44. The number of nitro benzene ring substituents is 1. The SMILES string of the molecule is COC(=O)C(Cc1ccc(Br)cc1[N+](=O)[O-])C(=O)OC. The maximum absolute atomic E-state index is 11.6. The van der Waals surface area contributed by atoms with E-state index in [0.717, 1.165) is 14.2 Å². The van der Waals surface area contributed by atoms with Gasteiger partial charge in [0.1, 0.15) is 0 Å². The van der Waals surface area contributed by atoms with Crippen LogP contribution in [-0.4, -0.2) is 31.1 Å². The van der Waals surface area contributed by atoms with Crippen LogP contribution in [-0.2, 0) is 25.5 Å². The molecular formula is C12H12BrNO6. The lowest BCUT2D eigenvalue weighted by Crippen LogP contribution is -2.28. The number of rotatable bonds is 5. The van der Waals surface area contributed by atoms with Gasteiger partial charge in [0.25, 0.3) is 5.69 Å². The standard InChI is InChI=1S/C12H12BrNO6/c1-19-11(15)9(12(16)20-2)5-7-3-4-8(13)6-10(7)14(17)18/h3-4,6,9H,5H2,1-2H3. The van der Waals surface area contributed by atoms with Gasteiger partial charge in [-0.1, -0.05) is 22.0 Å². The maximum Gasteiger partial charge on any atom is 0.320 e.